The molecular formula is C11H17BrN2S. The van der Waals surface area contributed by atoms with Gasteiger partial charge in [-0.3, -0.25) is 0 Å². The van der Waals surface area contributed by atoms with E-state index in [1.54, 1.807) is 6.20 Å². The van der Waals surface area contributed by atoms with Crippen LogP contribution in [0.25, 0.3) is 0 Å². The molecule has 0 rings (SSSR count). The van der Waals surface area contributed by atoms with Gasteiger partial charge in [-0.1, -0.05) is 28.1 Å². The quantitative estimate of drug-likeness (QED) is 0.394. The van der Waals surface area contributed by atoms with Crippen molar-refractivity contribution < 1.29 is 0 Å². The van der Waals surface area contributed by atoms with Gasteiger partial charge >= 0.3 is 0 Å². The lowest BCUT2D eigenvalue weighted by Gasteiger charge is -2.10. The van der Waals surface area contributed by atoms with Gasteiger partial charge in [-0.05, 0) is 39.8 Å². The van der Waals surface area contributed by atoms with Gasteiger partial charge in [0.1, 0.15) is 0 Å². The molecule has 0 atom stereocenters. The summed E-state index contributed by atoms with van der Waals surface area (Å²) in [6, 6.07) is 0. The highest BCUT2D eigenvalue weighted by Gasteiger charge is 2.09. The molecule has 0 saturated carbocycles. The van der Waals surface area contributed by atoms with Crippen molar-refractivity contribution in [1.29, 1.82) is 0 Å². The van der Waals surface area contributed by atoms with Crippen molar-refractivity contribution in [3.05, 3.63) is 35.0 Å². The van der Waals surface area contributed by atoms with Crippen molar-refractivity contribution in [3.8, 4) is 0 Å². The van der Waals surface area contributed by atoms with Gasteiger partial charge in [0.15, 0.2) is 0 Å². The second-order valence-corrected chi connectivity index (χ2v) is 6.28. The van der Waals surface area contributed by atoms with E-state index in [1.165, 1.54) is 11.9 Å². The lowest BCUT2D eigenvalue weighted by Crippen LogP contribution is -2.04. The molecule has 0 N–H and O–H groups in total. The van der Waals surface area contributed by atoms with Gasteiger partial charge in [0.25, 0.3) is 0 Å². The van der Waals surface area contributed by atoms with E-state index in [-0.39, 0.29) is 4.75 Å². The van der Waals surface area contributed by atoms with Crippen LogP contribution in [0.4, 0.5) is 0 Å². The Balaban J connectivity index is 3.95. The maximum Gasteiger partial charge on any atom is 0.0502 e. The summed E-state index contributed by atoms with van der Waals surface area (Å²) in [5, 5.41) is 3.91. The Morgan fingerprint density at radius 1 is 1.33 bits per heavy atom. The first kappa shape index (κ1) is 14.6. The molecule has 4 heteroatoms. The largest absolute Gasteiger partial charge is 0.152 e. The number of hydrogen-bond donors (Lipinski definition) is 0. The molecule has 0 saturated heterocycles. The van der Waals surface area contributed by atoms with E-state index in [0.717, 1.165) is 4.48 Å². The normalized spacial score (nSPS) is 14.9. The Bertz CT molecular complexity index is 285. The second-order valence-electron chi connectivity index (χ2n) is 3.79. The molecule has 0 heterocycles. The molecular weight excluding hydrogens is 272 g/mol. The van der Waals surface area contributed by atoms with E-state index in [1.807, 2.05) is 31.2 Å². The Hall–Kier alpha value is -0.350. The Kier molecular flexibility index (Phi) is 7.70. The van der Waals surface area contributed by atoms with Crippen LogP contribution in [-0.2, 0) is 0 Å². The number of nitrogens with zero attached hydrogens (tertiary/aromatic N) is 2. The summed E-state index contributed by atoms with van der Waals surface area (Å²) in [7, 11) is 0. The molecule has 0 aliphatic rings. The second kappa shape index (κ2) is 7.88. The average molecular weight is 289 g/mol. The van der Waals surface area contributed by atoms with E-state index in [2.05, 4.69) is 46.3 Å². The molecule has 2 nitrogen and oxygen atoms in total. The molecule has 0 bridgehead atoms. The topological polar surface area (TPSA) is 24.7 Å². The van der Waals surface area contributed by atoms with Crippen LogP contribution in [0, 0.1) is 0 Å². The minimum absolute atomic E-state index is 0.124. The van der Waals surface area contributed by atoms with Crippen LogP contribution in [0.5, 0.6) is 0 Å². The van der Waals surface area contributed by atoms with Crippen LogP contribution in [0.2, 0.25) is 0 Å². The van der Waals surface area contributed by atoms with Crippen molar-refractivity contribution in [2.75, 3.05) is 0 Å². The molecule has 84 valence electrons. The molecule has 0 amide bonds. The van der Waals surface area contributed by atoms with Crippen molar-refractivity contribution in [1.82, 2.24) is 0 Å². The Morgan fingerprint density at radius 3 is 2.53 bits per heavy atom. The first-order valence-electron chi connectivity index (χ1n) is 4.69. The van der Waals surface area contributed by atoms with Crippen LogP contribution in [0.3, 0.4) is 0 Å². The summed E-state index contributed by atoms with van der Waals surface area (Å²) in [6.07, 6.45) is 9.36. The van der Waals surface area contributed by atoms with Crippen LogP contribution in [0.15, 0.2) is 44.6 Å². The molecule has 0 aliphatic heterocycles. The summed E-state index contributed by atoms with van der Waals surface area (Å²) in [5.41, 5.74) is 0. The third-order valence-corrected chi connectivity index (χ3v) is 2.35. The van der Waals surface area contributed by atoms with E-state index < -0.39 is 0 Å². The number of hydrogen-bond acceptors (Lipinski definition) is 3. The third-order valence-electron chi connectivity index (χ3n) is 1.10. The Labute approximate surface area is 105 Å². The summed E-state index contributed by atoms with van der Waals surface area (Å²) in [5.74, 6) is 0. The van der Waals surface area contributed by atoms with Crippen LogP contribution < -0.4 is 0 Å². The highest BCUT2D eigenvalue weighted by atomic mass is 79.9. The van der Waals surface area contributed by atoms with Crippen molar-refractivity contribution in [3.63, 3.8) is 0 Å². The van der Waals surface area contributed by atoms with Crippen LogP contribution in [0.1, 0.15) is 27.7 Å². The lowest BCUT2D eigenvalue weighted by molar-refractivity contribution is 0.802. The number of allylic oxidation sites excluding steroid dienone is 5. The first-order chi connectivity index (χ1) is 6.95. The fourth-order valence-electron chi connectivity index (χ4n) is 0.561. The predicted molar refractivity (Wildman–Crippen MR) is 73.2 cm³/mol. The van der Waals surface area contributed by atoms with Crippen molar-refractivity contribution >= 4 is 27.9 Å². The fraction of sp³-hybridized carbons (Fsp3) is 0.455. The van der Waals surface area contributed by atoms with Gasteiger partial charge < -0.3 is 0 Å². The lowest BCUT2D eigenvalue weighted by atomic mass is 10.3. The summed E-state index contributed by atoms with van der Waals surface area (Å²) in [6.45, 7) is 8.27. The number of halogens is 1. The molecule has 0 aliphatic carbocycles. The van der Waals surface area contributed by atoms with Crippen LogP contribution >= 0.6 is 27.9 Å². The minimum Gasteiger partial charge on any atom is -0.152 e. The standard InChI is InChI=1S/C11H17BrN2S/c1-5-7-10(12)8-6-9-13-14-15-11(2,3)4/h5-9H,1-4H3/b7-5+,9-6+,10-8+,14-13+. The summed E-state index contributed by atoms with van der Waals surface area (Å²) in [4.78, 5) is 0. The zero-order valence-corrected chi connectivity index (χ0v) is 12.0. The molecule has 0 aromatic rings. The molecule has 0 aromatic carbocycles. The summed E-state index contributed by atoms with van der Waals surface area (Å²) < 4.78 is 5.12. The monoisotopic (exact) mass is 288 g/mol. The van der Waals surface area contributed by atoms with Crippen molar-refractivity contribution in [2.24, 2.45) is 9.63 Å². The van der Waals surface area contributed by atoms with Gasteiger partial charge in [0.2, 0.25) is 0 Å². The van der Waals surface area contributed by atoms with E-state index in [9.17, 15) is 0 Å². The molecule has 0 fully saturated rings. The molecule has 0 aromatic heterocycles. The molecule has 0 unspecified atom stereocenters. The fourth-order valence-corrected chi connectivity index (χ4v) is 1.32. The molecule has 15 heavy (non-hydrogen) atoms. The highest BCUT2D eigenvalue weighted by Crippen LogP contribution is 2.24. The highest BCUT2D eigenvalue weighted by molar-refractivity contribution is 9.11. The van der Waals surface area contributed by atoms with Gasteiger partial charge in [-0.15, -0.1) is 4.52 Å². The van der Waals surface area contributed by atoms with Gasteiger partial charge in [-0.25, -0.2) is 0 Å². The average Bonchev–Trinajstić information content (AvgIpc) is 2.09. The van der Waals surface area contributed by atoms with Gasteiger partial charge in [0, 0.05) is 21.2 Å². The van der Waals surface area contributed by atoms with E-state index in [4.69, 9.17) is 0 Å². The minimum atomic E-state index is 0.124. The van der Waals surface area contributed by atoms with E-state index in [0.29, 0.717) is 0 Å². The first-order valence-corrected chi connectivity index (χ1v) is 6.25. The van der Waals surface area contributed by atoms with Crippen LogP contribution in [-0.4, -0.2) is 4.75 Å². The van der Waals surface area contributed by atoms with Gasteiger partial charge in [0.05, 0.1) is 6.20 Å². The Morgan fingerprint density at radius 2 is 2.00 bits per heavy atom. The smallest absolute Gasteiger partial charge is 0.0502 e. The molecule has 0 spiro atoms. The maximum absolute atomic E-state index is 3.98. The van der Waals surface area contributed by atoms with Gasteiger partial charge in [-0.2, -0.15) is 5.11 Å². The number of rotatable bonds is 4. The SMILES string of the molecule is C/C=C/C(Br)=C\C=C\N=N\SC(C)(C)C. The summed E-state index contributed by atoms with van der Waals surface area (Å²) >= 11 is 4.85. The van der Waals surface area contributed by atoms with Crippen molar-refractivity contribution in [2.45, 2.75) is 32.4 Å². The molecule has 0 radical (unpaired) electrons. The zero-order valence-electron chi connectivity index (χ0n) is 9.57. The zero-order chi connectivity index (χ0) is 11.7. The predicted octanol–water partition coefficient (Wildman–Crippen LogP) is 5.25. The maximum atomic E-state index is 3.98. The third kappa shape index (κ3) is 11.6. The van der Waals surface area contributed by atoms with E-state index >= 15 is 0 Å².